The Balaban J connectivity index is 0.000000487. The molecule has 16 heavy (non-hydrogen) atoms. The molecule has 0 amide bonds. The van der Waals surface area contributed by atoms with Crippen LogP contribution in [-0.2, 0) is 4.74 Å². The zero-order chi connectivity index (χ0) is 12.9. The molecule has 0 aromatic carbocycles. The van der Waals surface area contributed by atoms with Gasteiger partial charge in [0.05, 0.1) is 17.7 Å². The molecule has 96 valence electrons. The average molecular weight is 241 g/mol. The summed E-state index contributed by atoms with van der Waals surface area (Å²) in [6.45, 7) is -0.470. The molecule has 1 saturated heterocycles. The van der Waals surface area contributed by atoms with Gasteiger partial charge in [-0.15, -0.1) is 0 Å². The molecule has 0 spiro atoms. The van der Waals surface area contributed by atoms with Gasteiger partial charge in [0.15, 0.2) is 6.29 Å². The van der Waals surface area contributed by atoms with Crippen LogP contribution in [0.4, 0.5) is 0 Å². The van der Waals surface area contributed by atoms with Gasteiger partial charge in [-0.1, -0.05) is 0 Å². The smallest absolute Gasteiger partial charge is 0.173 e. The van der Waals surface area contributed by atoms with Crippen molar-refractivity contribution < 1.29 is 30.2 Å². The first-order chi connectivity index (χ1) is 7.31. The number of aliphatic hydroxyl groups is 4. The van der Waals surface area contributed by atoms with E-state index in [1.54, 1.807) is 0 Å². The van der Waals surface area contributed by atoms with E-state index in [0.717, 1.165) is 0 Å². The standard InChI is InChI=1S/C6H13NO5.NO3/c7-3-5(10)4(9)2(1-8)12-6(3)11;2-1(3)4/h2-6,8-11H,1,7H2;/q;-1/t2-,3-,4-,5-,6-;/m1./s1. The number of rotatable bonds is 1. The molecule has 1 fully saturated rings. The monoisotopic (exact) mass is 241 g/mol. The van der Waals surface area contributed by atoms with Gasteiger partial charge in [0, 0.05) is 0 Å². The van der Waals surface area contributed by atoms with Gasteiger partial charge < -0.3 is 46.2 Å². The molecule has 0 aliphatic carbocycles. The Labute approximate surface area is 89.6 Å². The van der Waals surface area contributed by atoms with Crippen LogP contribution in [0.15, 0.2) is 0 Å². The Morgan fingerprint density at radius 1 is 1.25 bits per heavy atom. The number of aliphatic hydroxyl groups excluding tert-OH is 4. The highest BCUT2D eigenvalue weighted by Crippen LogP contribution is 2.17. The lowest BCUT2D eigenvalue weighted by molar-refractivity contribution is -0.402. The van der Waals surface area contributed by atoms with Crippen LogP contribution in [0.25, 0.3) is 0 Å². The first kappa shape index (κ1) is 15.0. The number of hydrogen-bond acceptors (Lipinski definition) is 9. The molecule has 10 heteroatoms. The van der Waals surface area contributed by atoms with E-state index in [2.05, 4.69) is 0 Å². The van der Waals surface area contributed by atoms with E-state index in [1.165, 1.54) is 0 Å². The van der Waals surface area contributed by atoms with Crippen LogP contribution in [-0.4, -0.2) is 62.8 Å². The van der Waals surface area contributed by atoms with Crippen LogP contribution in [0.1, 0.15) is 0 Å². The largest absolute Gasteiger partial charge is 0.394 e. The van der Waals surface area contributed by atoms with Crippen molar-refractivity contribution in [3.63, 3.8) is 0 Å². The minimum absolute atomic E-state index is 0.470. The van der Waals surface area contributed by atoms with Crippen LogP contribution >= 0.6 is 0 Å². The lowest BCUT2D eigenvalue weighted by Gasteiger charge is -2.38. The molecule has 0 radical (unpaired) electrons. The third kappa shape index (κ3) is 4.22. The maximum atomic E-state index is 9.20. The second kappa shape index (κ2) is 6.52. The van der Waals surface area contributed by atoms with Crippen molar-refractivity contribution in [1.82, 2.24) is 0 Å². The van der Waals surface area contributed by atoms with E-state index in [1.807, 2.05) is 0 Å². The van der Waals surface area contributed by atoms with Gasteiger partial charge in [-0.05, 0) is 0 Å². The molecule has 1 rings (SSSR count). The third-order valence-corrected chi connectivity index (χ3v) is 1.95. The first-order valence-electron chi connectivity index (χ1n) is 4.18. The molecule has 6 N–H and O–H groups in total. The molecule has 0 aromatic rings. The van der Waals surface area contributed by atoms with E-state index in [-0.39, 0.29) is 0 Å². The van der Waals surface area contributed by atoms with Crippen LogP contribution in [0.3, 0.4) is 0 Å². The summed E-state index contributed by atoms with van der Waals surface area (Å²) >= 11 is 0. The number of nitrogens with zero attached hydrogens (tertiary/aromatic N) is 1. The molecule has 0 bridgehead atoms. The van der Waals surface area contributed by atoms with Gasteiger partial charge in [0.25, 0.3) is 0 Å². The molecule has 0 aromatic heterocycles. The van der Waals surface area contributed by atoms with E-state index >= 15 is 0 Å². The fourth-order valence-electron chi connectivity index (χ4n) is 1.12. The number of hydrogen-bond donors (Lipinski definition) is 5. The van der Waals surface area contributed by atoms with Crippen LogP contribution in [0.5, 0.6) is 0 Å². The average Bonchev–Trinajstić information content (AvgIpc) is 2.19. The zero-order valence-electron chi connectivity index (χ0n) is 8.04. The quantitative estimate of drug-likeness (QED) is 0.229. The summed E-state index contributed by atoms with van der Waals surface area (Å²) in [7, 11) is 0. The molecule has 1 heterocycles. The van der Waals surface area contributed by atoms with Crippen molar-refractivity contribution in [3.05, 3.63) is 15.3 Å². The highest BCUT2D eigenvalue weighted by Gasteiger charge is 2.41. The Morgan fingerprint density at radius 3 is 2.06 bits per heavy atom. The third-order valence-electron chi connectivity index (χ3n) is 1.95. The van der Waals surface area contributed by atoms with Crippen molar-refractivity contribution in [2.75, 3.05) is 6.61 Å². The van der Waals surface area contributed by atoms with Gasteiger partial charge in [-0.3, -0.25) is 0 Å². The Hall–Kier alpha value is -1.04. The maximum Gasteiger partial charge on any atom is 0.173 e. The predicted molar refractivity (Wildman–Crippen MR) is 48.3 cm³/mol. The fraction of sp³-hybridized carbons (Fsp3) is 1.00. The molecule has 1 aliphatic rings. The summed E-state index contributed by atoms with van der Waals surface area (Å²) in [4.78, 5) is 8.25. The topological polar surface area (TPSA) is 182 Å². The second-order valence-electron chi connectivity index (χ2n) is 3.03. The van der Waals surface area contributed by atoms with Gasteiger partial charge >= 0.3 is 0 Å². The SMILES string of the molecule is N[C@@H]1[C@@H](O)[C@H](O)[C@@H](CO)O[C@H]1O.O=[N+]([O-])[O-]. The highest BCUT2D eigenvalue weighted by molar-refractivity contribution is 4.90. The molecule has 0 saturated carbocycles. The van der Waals surface area contributed by atoms with Crippen molar-refractivity contribution in [2.24, 2.45) is 5.73 Å². The van der Waals surface area contributed by atoms with Crippen LogP contribution in [0.2, 0.25) is 0 Å². The molecule has 10 nitrogen and oxygen atoms in total. The number of nitrogens with two attached hydrogens (primary N) is 1. The highest BCUT2D eigenvalue weighted by atomic mass is 16.9. The Morgan fingerprint density at radius 2 is 1.69 bits per heavy atom. The summed E-state index contributed by atoms with van der Waals surface area (Å²) in [5.74, 6) is 0. The molecule has 5 atom stereocenters. The van der Waals surface area contributed by atoms with E-state index in [4.69, 9.17) is 36.0 Å². The Bertz CT molecular complexity index is 218. The van der Waals surface area contributed by atoms with Crippen molar-refractivity contribution in [2.45, 2.75) is 30.6 Å². The summed E-state index contributed by atoms with van der Waals surface area (Å²) in [5, 5.41) is 50.8. The summed E-state index contributed by atoms with van der Waals surface area (Å²) in [5.41, 5.74) is 5.26. The lowest BCUT2D eigenvalue weighted by atomic mass is 9.98. The molecule has 1 aliphatic heterocycles. The first-order valence-corrected chi connectivity index (χ1v) is 4.18. The minimum atomic E-state index is -1.75. The van der Waals surface area contributed by atoms with Gasteiger partial charge in [-0.2, -0.15) is 0 Å². The Kier molecular flexibility index (Phi) is 6.10. The van der Waals surface area contributed by atoms with Crippen molar-refractivity contribution in [1.29, 1.82) is 0 Å². The van der Waals surface area contributed by atoms with Crippen LogP contribution < -0.4 is 5.73 Å². The number of ether oxygens (including phenoxy) is 1. The zero-order valence-corrected chi connectivity index (χ0v) is 8.04. The van der Waals surface area contributed by atoms with Crippen molar-refractivity contribution >= 4 is 0 Å². The second-order valence-corrected chi connectivity index (χ2v) is 3.03. The lowest BCUT2D eigenvalue weighted by Crippen LogP contribution is -2.61. The summed E-state index contributed by atoms with van der Waals surface area (Å²) in [6, 6.07) is -1.04. The van der Waals surface area contributed by atoms with Crippen LogP contribution in [0, 0.1) is 15.3 Å². The minimum Gasteiger partial charge on any atom is -0.394 e. The maximum absolute atomic E-state index is 9.20. The molecule has 0 unspecified atom stereocenters. The van der Waals surface area contributed by atoms with Crippen molar-refractivity contribution in [3.8, 4) is 0 Å². The van der Waals surface area contributed by atoms with E-state index in [0.29, 0.717) is 0 Å². The predicted octanol–water partition coefficient (Wildman–Crippen LogP) is -3.49. The van der Waals surface area contributed by atoms with Gasteiger partial charge in [-0.25, -0.2) is 0 Å². The van der Waals surface area contributed by atoms with Gasteiger partial charge in [0.1, 0.15) is 18.3 Å². The normalized spacial score (nSPS) is 38.4. The fourth-order valence-corrected chi connectivity index (χ4v) is 1.12. The van der Waals surface area contributed by atoms with Gasteiger partial charge in [0.2, 0.25) is 0 Å². The van der Waals surface area contributed by atoms with E-state index < -0.39 is 42.3 Å². The summed E-state index contributed by atoms with van der Waals surface area (Å²) < 4.78 is 4.70. The van der Waals surface area contributed by atoms with E-state index in [9.17, 15) is 10.2 Å². The summed E-state index contributed by atoms with van der Waals surface area (Å²) in [6.07, 6.45) is -4.85. The molecular weight excluding hydrogens is 228 g/mol. The molecular formula is C6H13N2O8-.